The van der Waals surface area contributed by atoms with Crippen LogP contribution in [0.3, 0.4) is 0 Å². The molecule has 3 rings (SSSR count). The van der Waals surface area contributed by atoms with Crippen molar-refractivity contribution in [3.05, 3.63) is 33.9 Å². The van der Waals surface area contributed by atoms with E-state index in [1.807, 2.05) is 33.8 Å². The number of aliphatic hydroxyl groups is 1. The molecule has 2 heterocycles. The number of hydrogen-bond acceptors (Lipinski definition) is 5. The van der Waals surface area contributed by atoms with Crippen molar-refractivity contribution in [3.63, 3.8) is 0 Å². The van der Waals surface area contributed by atoms with Gasteiger partial charge in [-0.3, -0.25) is 4.57 Å². The molecule has 1 N–H and O–H groups in total. The van der Waals surface area contributed by atoms with Gasteiger partial charge in [0, 0.05) is 6.20 Å². The zero-order chi connectivity index (χ0) is 20.9. The Labute approximate surface area is 168 Å². The van der Waals surface area contributed by atoms with Crippen molar-refractivity contribution < 1.29 is 14.6 Å². The number of allylic oxidation sites excluding steroid dienone is 1. The predicted molar refractivity (Wildman–Crippen MR) is 111 cm³/mol. The summed E-state index contributed by atoms with van der Waals surface area (Å²) in [6, 6.07) is 0. The van der Waals surface area contributed by atoms with Gasteiger partial charge in [-0.15, -0.1) is 6.42 Å². The average molecular weight is 391 g/mol. The number of nitrogens with zero attached hydrogens (tertiary/aromatic N) is 2. The van der Waals surface area contributed by atoms with E-state index < -0.39 is 11.9 Å². The lowest BCUT2D eigenvalue weighted by molar-refractivity contribution is -0.0247. The average Bonchev–Trinajstić information content (AvgIpc) is 3.43. The largest absolute Gasteiger partial charge is 0.472 e. The summed E-state index contributed by atoms with van der Waals surface area (Å²) in [6.45, 7) is 8.31. The Bertz CT molecular complexity index is 710. The molecule has 0 amide bonds. The standard InChI is InChI=1S/C18H22N2O4.2C2H6/c1-2-14-11-20(16-8-7-15(12-21)24-16)18(22)19-17(14)23-10-9-13-5-3-4-6-13;2*1-2/h1,9,11,15-16,21H,3-8,10,12H2;2*1-2H3. The molecule has 1 saturated carbocycles. The maximum Gasteiger partial charge on any atom is 0.353 e. The second-order valence-corrected chi connectivity index (χ2v) is 6.15. The van der Waals surface area contributed by atoms with Crippen LogP contribution in [0.2, 0.25) is 0 Å². The van der Waals surface area contributed by atoms with Gasteiger partial charge in [0.2, 0.25) is 5.88 Å². The van der Waals surface area contributed by atoms with Crippen LogP contribution in [0.5, 0.6) is 5.88 Å². The summed E-state index contributed by atoms with van der Waals surface area (Å²) in [5.41, 5.74) is 1.36. The fourth-order valence-corrected chi connectivity index (χ4v) is 3.17. The second-order valence-electron chi connectivity index (χ2n) is 6.15. The molecule has 28 heavy (non-hydrogen) atoms. The summed E-state index contributed by atoms with van der Waals surface area (Å²) in [5, 5.41) is 9.15. The van der Waals surface area contributed by atoms with E-state index in [4.69, 9.17) is 21.0 Å². The van der Waals surface area contributed by atoms with Crippen LogP contribution in [0, 0.1) is 12.3 Å². The Morgan fingerprint density at radius 3 is 2.57 bits per heavy atom. The van der Waals surface area contributed by atoms with Gasteiger partial charge in [0.15, 0.2) is 0 Å². The number of terminal acetylenes is 1. The third-order valence-corrected chi connectivity index (χ3v) is 4.51. The Kier molecular flexibility index (Phi) is 11.2. The quantitative estimate of drug-likeness (QED) is 0.611. The molecule has 0 aromatic carbocycles. The van der Waals surface area contributed by atoms with Crippen LogP contribution in [-0.2, 0) is 4.74 Å². The maximum absolute atomic E-state index is 12.3. The van der Waals surface area contributed by atoms with Crippen LogP contribution in [0.1, 0.15) is 78.0 Å². The lowest BCUT2D eigenvalue weighted by Gasteiger charge is -2.16. The van der Waals surface area contributed by atoms with Gasteiger partial charge in [-0.25, -0.2) is 4.79 Å². The van der Waals surface area contributed by atoms with Gasteiger partial charge < -0.3 is 14.6 Å². The van der Waals surface area contributed by atoms with Gasteiger partial charge in [-0.1, -0.05) is 39.2 Å². The highest BCUT2D eigenvalue weighted by molar-refractivity contribution is 5.38. The Balaban J connectivity index is 0.000000921. The molecule has 6 heteroatoms. The van der Waals surface area contributed by atoms with Gasteiger partial charge in [-0.2, -0.15) is 4.98 Å². The van der Waals surface area contributed by atoms with E-state index in [-0.39, 0.29) is 18.6 Å². The minimum atomic E-state index is -0.457. The molecular formula is C22H34N2O4. The van der Waals surface area contributed by atoms with Crippen LogP contribution >= 0.6 is 0 Å². The summed E-state index contributed by atoms with van der Waals surface area (Å²) in [7, 11) is 0. The number of rotatable bonds is 5. The summed E-state index contributed by atoms with van der Waals surface area (Å²) in [4.78, 5) is 16.2. The molecule has 0 radical (unpaired) electrons. The van der Waals surface area contributed by atoms with E-state index in [2.05, 4.69) is 10.9 Å². The van der Waals surface area contributed by atoms with E-state index in [0.717, 1.165) is 12.8 Å². The minimum absolute atomic E-state index is 0.0590. The third-order valence-electron chi connectivity index (χ3n) is 4.51. The highest BCUT2D eigenvalue weighted by Crippen LogP contribution is 2.27. The predicted octanol–water partition coefficient (Wildman–Crippen LogP) is 3.83. The molecule has 1 aliphatic heterocycles. The Morgan fingerprint density at radius 2 is 2.00 bits per heavy atom. The lowest BCUT2D eigenvalue weighted by Crippen LogP contribution is -2.28. The van der Waals surface area contributed by atoms with Gasteiger partial charge in [0.1, 0.15) is 18.4 Å². The van der Waals surface area contributed by atoms with Gasteiger partial charge in [0.05, 0.1) is 12.7 Å². The maximum atomic E-state index is 12.3. The van der Waals surface area contributed by atoms with Crippen molar-refractivity contribution >= 4 is 0 Å². The summed E-state index contributed by atoms with van der Waals surface area (Å²) in [6.07, 6.45) is 14.5. The van der Waals surface area contributed by atoms with Crippen molar-refractivity contribution in [2.75, 3.05) is 13.2 Å². The van der Waals surface area contributed by atoms with Crippen molar-refractivity contribution in [1.29, 1.82) is 0 Å². The number of ether oxygens (including phenoxy) is 2. The van der Waals surface area contributed by atoms with Crippen LogP contribution < -0.4 is 10.4 Å². The molecule has 0 spiro atoms. The van der Waals surface area contributed by atoms with E-state index in [1.165, 1.54) is 23.0 Å². The Hall–Kier alpha value is -2.10. The molecule has 2 unspecified atom stereocenters. The highest BCUT2D eigenvalue weighted by atomic mass is 16.5. The summed E-state index contributed by atoms with van der Waals surface area (Å²) < 4.78 is 12.6. The highest BCUT2D eigenvalue weighted by Gasteiger charge is 2.27. The summed E-state index contributed by atoms with van der Waals surface area (Å²) >= 11 is 0. The molecule has 2 atom stereocenters. The molecule has 1 saturated heterocycles. The zero-order valence-electron chi connectivity index (χ0n) is 17.6. The van der Waals surface area contributed by atoms with Crippen molar-refractivity contribution in [2.45, 2.75) is 78.6 Å². The first-order chi connectivity index (χ1) is 13.7. The van der Waals surface area contributed by atoms with E-state index in [9.17, 15) is 4.79 Å². The minimum Gasteiger partial charge on any atom is -0.472 e. The summed E-state index contributed by atoms with van der Waals surface area (Å²) in [5.74, 6) is 2.70. The molecule has 6 nitrogen and oxygen atoms in total. The lowest BCUT2D eigenvalue weighted by atomic mass is 10.2. The first-order valence-corrected chi connectivity index (χ1v) is 10.4. The van der Waals surface area contributed by atoms with E-state index in [1.54, 1.807) is 6.20 Å². The fraction of sp³-hybridized carbons (Fsp3) is 0.636. The normalized spacial score (nSPS) is 20.4. The van der Waals surface area contributed by atoms with Gasteiger partial charge in [0.25, 0.3) is 0 Å². The van der Waals surface area contributed by atoms with Crippen molar-refractivity contribution in [1.82, 2.24) is 9.55 Å². The molecule has 1 aromatic heterocycles. The second kappa shape index (κ2) is 13.1. The number of hydrogen-bond donors (Lipinski definition) is 1. The molecule has 1 aliphatic carbocycles. The molecule has 156 valence electrons. The fourth-order valence-electron chi connectivity index (χ4n) is 3.17. The third kappa shape index (κ3) is 6.50. The van der Waals surface area contributed by atoms with Crippen LogP contribution in [0.4, 0.5) is 0 Å². The van der Waals surface area contributed by atoms with Crippen LogP contribution in [0.25, 0.3) is 0 Å². The van der Waals surface area contributed by atoms with Gasteiger partial charge >= 0.3 is 5.69 Å². The molecular weight excluding hydrogens is 356 g/mol. The van der Waals surface area contributed by atoms with Crippen molar-refractivity contribution in [2.24, 2.45) is 0 Å². The first-order valence-electron chi connectivity index (χ1n) is 10.4. The molecule has 1 aromatic rings. The number of aromatic nitrogens is 2. The SMILES string of the molecule is C#Cc1cn(C2CCC(CO)O2)c(=O)nc1OCC=C1CCCC1.CC.CC. The smallest absolute Gasteiger partial charge is 0.353 e. The van der Waals surface area contributed by atoms with Gasteiger partial charge in [-0.05, 0) is 44.6 Å². The molecule has 2 aliphatic rings. The van der Waals surface area contributed by atoms with E-state index >= 15 is 0 Å². The zero-order valence-corrected chi connectivity index (χ0v) is 17.6. The van der Waals surface area contributed by atoms with Crippen molar-refractivity contribution in [3.8, 4) is 18.2 Å². The van der Waals surface area contributed by atoms with E-state index in [0.29, 0.717) is 25.0 Å². The van der Waals surface area contributed by atoms with Crippen LogP contribution in [0.15, 0.2) is 22.6 Å². The molecule has 2 fully saturated rings. The monoisotopic (exact) mass is 390 g/mol. The molecule has 0 bridgehead atoms. The first kappa shape index (κ1) is 23.9. The topological polar surface area (TPSA) is 73.6 Å². The number of aliphatic hydroxyl groups excluding tert-OH is 1. The van der Waals surface area contributed by atoms with Crippen LogP contribution in [-0.4, -0.2) is 34.0 Å². The Morgan fingerprint density at radius 1 is 1.32 bits per heavy atom.